The summed E-state index contributed by atoms with van der Waals surface area (Å²) in [6, 6.07) is 25.4. The molecule has 0 aliphatic carbocycles. The van der Waals surface area contributed by atoms with Gasteiger partial charge >= 0.3 is 0 Å². The van der Waals surface area contributed by atoms with Crippen molar-refractivity contribution in [3.63, 3.8) is 0 Å². The molecule has 4 aromatic carbocycles. The Hall–Kier alpha value is -6.30. The Balaban J connectivity index is 0.773. The van der Waals surface area contributed by atoms with Crippen molar-refractivity contribution in [3.05, 3.63) is 141 Å². The van der Waals surface area contributed by atoms with Crippen LogP contribution < -0.4 is 14.8 Å². The standard InChI is InChI=1S/C50H53Cl2N9O7/c1-5-53-46(63)30-43-50-59-57-32(3)61(50)45-19-17-39(29-41(45)48(55-43)34-10-14-36(52)15-11-34)68-26-25-67-24-23-66-22-21-65-20-6-7-37(62)27-42-49-58-56-31(2)60(49)44-18-16-38(64-4)28-40(44)47(54-42)33-8-12-35(51)13-9-33/h8-19,28-29,42-43H,5-7,20-27,30H2,1-4H3,(H,53,63)/t42-,43+/m0/s1. The van der Waals surface area contributed by atoms with E-state index in [4.69, 9.17) is 56.9 Å². The Morgan fingerprint density at radius 1 is 0.618 bits per heavy atom. The number of benzene rings is 4. The Morgan fingerprint density at radius 2 is 1.10 bits per heavy atom. The quantitative estimate of drug-likeness (QED) is 0.0653. The van der Waals surface area contributed by atoms with Crippen LogP contribution in [0.4, 0.5) is 0 Å². The first-order valence-electron chi connectivity index (χ1n) is 22.6. The highest BCUT2D eigenvalue weighted by Gasteiger charge is 2.32. The van der Waals surface area contributed by atoms with Crippen molar-refractivity contribution in [1.82, 2.24) is 34.8 Å². The molecule has 16 nitrogen and oxygen atoms in total. The van der Waals surface area contributed by atoms with Gasteiger partial charge in [0.05, 0.1) is 69.4 Å². The molecule has 0 unspecified atom stereocenters. The third-order valence-corrected chi connectivity index (χ3v) is 11.9. The summed E-state index contributed by atoms with van der Waals surface area (Å²) in [5.74, 6) is 3.80. The highest BCUT2D eigenvalue weighted by atomic mass is 35.5. The molecular weight excluding hydrogens is 910 g/mol. The minimum atomic E-state index is -0.570. The number of rotatable bonds is 22. The molecule has 18 heteroatoms. The zero-order valence-corrected chi connectivity index (χ0v) is 39.9. The van der Waals surface area contributed by atoms with E-state index in [0.717, 1.165) is 39.3 Å². The molecule has 2 atom stereocenters. The fourth-order valence-electron chi connectivity index (χ4n) is 8.21. The van der Waals surface area contributed by atoms with Crippen LogP contribution in [0.15, 0.2) is 94.9 Å². The van der Waals surface area contributed by atoms with Crippen LogP contribution in [0, 0.1) is 13.8 Å². The number of nitrogens with zero attached hydrogens (tertiary/aromatic N) is 8. The first-order valence-corrected chi connectivity index (χ1v) is 23.4. The molecule has 0 fully saturated rings. The lowest BCUT2D eigenvalue weighted by Crippen LogP contribution is -2.25. The molecule has 2 aliphatic heterocycles. The monoisotopic (exact) mass is 961 g/mol. The number of hydrogen-bond donors (Lipinski definition) is 1. The molecule has 0 saturated heterocycles. The second-order valence-corrected chi connectivity index (χ2v) is 17.0. The number of methoxy groups -OCH3 is 1. The minimum absolute atomic E-state index is 0.0493. The number of fused-ring (bicyclic) bond motifs is 6. The van der Waals surface area contributed by atoms with E-state index < -0.39 is 12.1 Å². The molecule has 354 valence electrons. The minimum Gasteiger partial charge on any atom is -0.497 e. The maximum Gasteiger partial charge on any atom is 0.222 e. The molecule has 6 aromatic rings. The number of nitrogens with one attached hydrogen (secondary N) is 1. The first-order chi connectivity index (χ1) is 33.1. The van der Waals surface area contributed by atoms with Gasteiger partial charge in [0.15, 0.2) is 11.6 Å². The zero-order valence-electron chi connectivity index (χ0n) is 38.4. The van der Waals surface area contributed by atoms with Crippen molar-refractivity contribution in [2.24, 2.45) is 9.98 Å². The average molecular weight is 963 g/mol. The number of Topliss-reactive ketones (excluding diaryl/α,β-unsaturated/α-hetero) is 1. The fourth-order valence-corrected chi connectivity index (χ4v) is 8.46. The molecule has 2 aliphatic rings. The highest BCUT2D eigenvalue weighted by molar-refractivity contribution is 6.31. The summed E-state index contributed by atoms with van der Waals surface area (Å²) < 4.78 is 32.9. The molecule has 0 saturated carbocycles. The normalized spacial score (nSPS) is 14.9. The fraction of sp³-hybridized carbons (Fsp3) is 0.360. The number of carbonyl (C=O) groups is 2. The SMILES string of the molecule is CCNC(=O)C[C@H]1N=C(c2ccc(Cl)cc2)c2cc(OCCOCCOCCOCCCC(=O)C[C@@H]3N=C(c4ccc(Cl)cc4)c4cc(OC)ccc4-n4c(C)nnc43)ccc2-n2c(C)nnc21. The number of halogens is 2. The van der Waals surface area contributed by atoms with Gasteiger partial charge in [0.2, 0.25) is 5.91 Å². The third kappa shape index (κ3) is 11.3. The van der Waals surface area contributed by atoms with Gasteiger partial charge in [-0.25, -0.2) is 0 Å². The van der Waals surface area contributed by atoms with Crippen molar-refractivity contribution in [3.8, 4) is 22.9 Å². The average Bonchev–Trinajstić information content (AvgIpc) is 3.84. The van der Waals surface area contributed by atoms with Crippen LogP contribution in [0.3, 0.4) is 0 Å². The lowest BCUT2D eigenvalue weighted by atomic mass is 9.99. The van der Waals surface area contributed by atoms with Crippen LogP contribution >= 0.6 is 23.2 Å². The van der Waals surface area contributed by atoms with Crippen molar-refractivity contribution in [2.75, 3.05) is 59.9 Å². The third-order valence-electron chi connectivity index (χ3n) is 11.4. The Kier molecular flexibility index (Phi) is 16.1. The van der Waals surface area contributed by atoms with E-state index >= 15 is 0 Å². The predicted octanol–water partition coefficient (Wildman–Crippen LogP) is 7.96. The molecule has 0 bridgehead atoms. The summed E-state index contributed by atoms with van der Waals surface area (Å²) in [6.45, 7) is 8.79. The number of ketones is 1. The second kappa shape index (κ2) is 22.7. The number of amides is 1. The van der Waals surface area contributed by atoms with Crippen LogP contribution in [0.2, 0.25) is 10.0 Å². The van der Waals surface area contributed by atoms with Gasteiger partial charge in [-0.15, -0.1) is 20.4 Å². The molecule has 2 aromatic heterocycles. The summed E-state index contributed by atoms with van der Waals surface area (Å²) in [7, 11) is 1.63. The summed E-state index contributed by atoms with van der Waals surface area (Å²) in [5.41, 5.74) is 6.44. The summed E-state index contributed by atoms with van der Waals surface area (Å²) in [5, 5.41) is 21.7. The molecule has 1 amide bonds. The number of hydrogen-bond acceptors (Lipinski definition) is 13. The summed E-state index contributed by atoms with van der Waals surface area (Å²) >= 11 is 12.5. The summed E-state index contributed by atoms with van der Waals surface area (Å²) in [6.07, 6.45) is 1.17. The molecule has 1 N–H and O–H groups in total. The topological polar surface area (TPSA) is 178 Å². The maximum absolute atomic E-state index is 13.4. The highest BCUT2D eigenvalue weighted by Crippen LogP contribution is 2.36. The Bertz CT molecular complexity index is 2790. The first kappa shape index (κ1) is 48.2. The van der Waals surface area contributed by atoms with Crippen molar-refractivity contribution in [1.29, 1.82) is 0 Å². The van der Waals surface area contributed by atoms with Gasteiger partial charge in [-0.3, -0.25) is 28.7 Å². The van der Waals surface area contributed by atoms with Crippen molar-refractivity contribution >= 4 is 46.3 Å². The van der Waals surface area contributed by atoms with Crippen LogP contribution in [0.1, 0.15) is 90.2 Å². The molecule has 8 rings (SSSR count). The van der Waals surface area contributed by atoms with Gasteiger partial charge in [-0.2, -0.15) is 0 Å². The number of carbonyl (C=O) groups excluding carboxylic acids is 2. The van der Waals surface area contributed by atoms with E-state index in [-0.39, 0.29) is 24.5 Å². The Morgan fingerprint density at radius 3 is 1.63 bits per heavy atom. The van der Waals surface area contributed by atoms with E-state index in [2.05, 4.69) is 25.7 Å². The van der Waals surface area contributed by atoms with Gasteiger partial charge in [-0.05, 0) is 87.9 Å². The van der Waals surface area contributed by atoms with Crippen LogP contribution in [0.5, 0.6) is 11.5 Å². The zero-order chi connectivity index (χ0) is 47.6. The van der Waals surface area contributed by atoms with Gasteiger partial charge in [0.25, 0.3) is 0 Å². The largest absolute Gasteiger partial charge is 0.497 e. The van der Waals surface area contributed by atoms with Crippen LogP contribution in [-0.2, 0) is 23.8 Å². The van der Waals surface area contributed by atoms with Gasteiger partial charge in [0, 0.05) is 58.3 Å². The van der Waals surface area contributed by atoms with Gasteiger partial charge in [0.1, 0.15) is 47.6 Å². The molecule has 0 radical (unpaired) electrons. The van der Waals surface area contributed by atoms with Gasteiger partial charge < -0.3 is 29.0 Å². The van der Waals surface area contributed by atoms with Crippen LogP contribution in [-0.4, -0.2) is 113 Å². The number of aliphatic imine (C=N–C) groups is 2. The number of ether oxygens (including phenoxy) is 5. The Labute approximate surface area is 404 Å². The molecule has 4 heterocycles. The van der Waals surface area contributed by atoms with E-state index in [1.807, 2.05) is 115 Å². The van der Waals surface area contributed by atoms with E-state index in [9.17, 15) is 9.59 Å². The van der Waals surface area contributed by atoms with E-state index in [1.54, 1.807) is 7.11 Å². The number of aryl methyl sites for hydroxylation is 2. The van der Waals surface area contributed by atoms with Crippen LogP contribution in [0.25, 0.3) is 11.4 Å². The van der Waals surface area contributed by atoms with Crippen molar-refractivity contribution < 1.29 is 33.3 Å². The lowest BCUT2D eigenvalue weighted by molar-refractivity contribution is -0.121. The second-order valence-electron chi connectivity index (χ2n) is 16.1. The smallest absolute Gasteiger partial charge is 0.222 e. The molecule has 0 spiro atoms. The maximum atomic E-state index is 13.4. The van der Waals surface area contributed by atoms with E-state index in [1.165, 1.54) is 0 Å². The summed E-state index contributed by atoms with van der Waals surface area (Å²) in [4.78, 5) is 36.5. The lowest BCUT2D eigenvalue weighted by Gasteiger charge is -2.15. The van der Waals surface area contributed by atoms with Gasteiger partial charge in [-0.1, -0.05) is 47.5 Å². The molecule has 68 heavy (non-hydrogen) atoms. The number of aromatic nitrogens is 6. The predicted molar refractivity (Wildman–Crippen MR) is 259 cm³/mol. The molecular formula is C50H53Cl2N9O7. The van der Waals surface area contributed by atoms with E-state index in [0.29, 0.717) is 116 Å². The van der Waals surface area contributed by atoms with Crippen molar-refractivity contribution in [2.45, 2.75) is 58.5 Å².